The van der Waals surface area contributed by atoms with E-state index in [1.54, 1.807) is 7.11 Å². The number of methoxy groups -OCH3 is 1. The minimum Gasteiger partial charge on any atom is -0.494 e. The SMILES string of the molecule is COc1cccc2sc(NC(=O)c3ccc(F)cc3I)nc12. The number of hydrogen-bond acceptors (Lipinski definition) is 4. The zero-order valence-corrected chi connectivity index (χ0v) is 14.4. The molecule has 0 atom stereocenters. The third-order valence-corrected chi connectivity index (χ3v) is 4.83. The van der Waals surface area contributed by atoms with Crippen LogP contribution in [-0.4, -0.2) is 18.0 Å². The summed E-state index contributed by atoms with van der Waals surface area (Å²) in [7, 11) is 1.58. The van der Waals surface area contributed by atoms with Gasteiger partial charge in [0.25, 0.3) is 5.91 Å². The number of carbonyl (C=O) groups excluding carboxylic acids is 1. The molecule has 3 aromatic rings. The standard InChI is InChI=1S/C15H10FIN2O2S/c1-21-11-3-2-4-12-13(11)18-15(22-12)19-14(20)9-6-5-8(16)7-10(9)17/h2-7H,1H3,(H,18,19,20). The number of amides is 1. The minimum atomic E-state index is -0.370. The lowest BCUT2D eigenvalue weighted by Crippen LogP contribution is -2.13. The third kappa shape index (κ3) is 2.91. The van der Waals surface area contributed by atoms with Crippen LogP contribution in [0.1, 0.15) is 10.4 Å². The van der Waals surface area contributed by atoms with Gasteiger partial charge in [-0.1, -0.05) is 17.4 Å². The van der Waals surface area contributed by atoms with Crippen molar-refractivity contribution in [1.82, 2.24) is 4.98 Å². The van der Waals surface area contributed by atoms with Crippen molar-refractivity contribution in [2.75, 3.05) is 12.4 Å². The Kier molecular flexibility index (Phi) is 4.25. The molecule has 2 aromatic carbocycles. The number of halogens is 2. The summed E-state index contributed by atoms with van der Waals surface area (Å²) < 4.78 is 19.8. The van der Waals surface area contributed by atoms with Crippen LogP contribution in [0.15, 0.2) is 36.4 Å². The van der Waals surface area contributed by atoms with E-state index in [2.05, 4.69) is 10.3 Å². The second kappa shape index (κ2) is 6.17. The lowest BCUT2D eigenvalue weighted by Gasteiger charge is -2.04. The quantitative estimate of drug-likeness (QED) is 0.633. The molecule has 0 aliphatic heterocycles. The van der Waals surface area contributed by atoms with Gasteiger partial charge in [-0.05, 0) is 52.9 Å². The molecule has 3 rings (SSSR count). The number of thiazole rings is 1. The summed E-state index contributed by atoms with van der Waals surface area (Å²) in [6.07, 6.45) is 0. The average molecular weight is 428 g/mol. The van der Waals surface area contributed by atoms with Gasteiger partial charge in [0.1, 0.15) is 17.1 Å². The van der Waals surface area contributed by atoms with Crippen LogP contribution >= 0.6 is 33.9 Å². The van der Waals surface area contributed by atoms with Crippen LogP contribution in [0.4, 0.5) is 9.52 Å². The molecule has 7 heteroatoms. The molecule has 4 nitrogen and oxygen atoms in total. The van der Waals surface area contributed by atoms with Gasteiger partial charge in [0.05, 0.1) is 17.4 Å². The van der Waals surface area contributed by atoms with Gasteiger partial charge in [-0.15, -0.1) is 0 Å². The molecule has 0 aliphatic rings. The van der Waals surface area contributed by atoms with E-state index in [1.807, 2.05) is 40.8 Å². The van der Waals surface area contributed by atoms with Crippen LogP contribution in [0.25, 0.3) is 10.2 Å². The molecule has 22 heavy (non-hydrogen) atoms. The number of anilines is 1. The summed E-state index contributed by atoms with van der Waals surface area (Å²) in [5.41, 5.74) is 1.12. The lowest BCUT2D eigenvalue weighted by molar-refractivity contribution is 0.102. The van der Waals surface area contributed by atoms with Crippen LogP contribution in [0, 0.1) is 9.39 Å². The number of carbonyl (C=O) groups is 1. The summed E-state index contributed by atoms with van der Waals surface area (Å²) in [6, 6.07) is 9.63. The van der Waals surface area contributed by atoms with Gasteiger partial charge in [-0.25, -0.2) is 9.37 Å². The molecule has 1 aromatic heterocycles. The van der Waals surface area contributed by atoms with E-state index in [9.17, 15) is 9.18 Å². The van der Waals surface area contributed by atoms with Crippen molar-refractivity contribution in [3.63, 3.8) is 0 Å². The molecule has 1 amide bonds. The second-order valence-electron chi connectivity index (χ2n) is 4.40. The fourth-order valence-electron chi connectivity index (χ4n) is 1.98. The summed E-state index contributed by atoms with van der Waals surface area (Å²) >= 11 is 3.29. The number of fused-ring (bicyclic) bond motifs is 1. The summed E-state index contributed by atoms with van der Waals surface area (Å²) in [4.78, 5) is 16.7. The Morgan fingerprint density at radius 2 is 2.18 bits per heavy atom. The Labute approximate surface area is 143 Å². The Morgan fingerprint density at radius 1 is 1.36 bits per heavy atom. The molecule has 0 unspecified atom stereocenters. The molecular formula is C15H10FIN2O2S. The van der Waals surface area contributed by atoms with Crippen LogP contribution in [0.5, 0.6) is 5.75 Å². The Morgan fingerprint density at radius 3 is 2.91 bits per heavy atom. The highest BCUT2D eigenvalue weighted by Crippen LogP contribution is 2.32. The minimum absolute atomic E-state index is 0.317. The van der Waals surface area contributed by atoms with Gasteiger partial charge in [0.15, 0.2) is 5.13 Å². The largest absolute Gasteiger partial charge is 0.494 e. The van der Waals surface area contributed by atoms with Crippen LogP contribution in [-0.2, 0) is 0 Å². The van der Waals surface area contributed by atoms with E-state index in [-0.39, 0.29) is 11.7 Å². The molecular weight excluding hydrogens is 418 g/mol. The van der Waals surface area contributed by atoms with E-state index >= 15 is 0 Å². The molecule has 0 bridgehead atoms. The maximum Gasteiger partial charge on any atom is 0.258 e. The van der Waals surface area contributed by atoms with Gasteiger partial charge >= 0.3 is 0 Å². The molecule has 0 saturated carbocycles. The first-order valence-electron chi connectivity index (χ1n) is 6.28. The van der Waals surface area contributed by atoms with Gasteiger partial charge < -0.3 is 4.74 Å². The maximum atomic E-state index is 13.1. The summed E-state index contributed by atoms with van der Waals surface area (Å²) in [5, 5.41) is 3.22. The molecule has 0 radical (unpaired) electrons. The van der Waals surface area contributed by atoms with Crippen molar-refractivity contribution in [1.29, 1.82) is 0 Å². The smallest absolute Gasteiger partial charge is 0.258 e. The zero-order valence-electron chi connectivity index (χ0n) is 11.4. The van der Waals surface area contributed by atoms with E-state index in [0.29, 0.717) is 25.5 Å². The molecule has 1 N–H and O–H groups in total. The maximum absolute atomic E-state index is 13.1. The van der Waals surface area contributed by atoms with Crippen LogP contribution in [0.2, 0.25) is 0 Å². The lowest BCUT2D eigenvalue weighted by atomic mass is 10.2. The third-order valence-electron chi connectivity index (χ3n) is 3.00. The number of nitrogens with zero attached hydrogens (tertiary/aromatic N) is 1. The average Bonchev–Trinajstić information content (AvgIpc) is 2.89. The van der Waals surface area contributed by atoms with Crippen LogP contribution < -0.4 is 10.1 Å². The Balaban J connectivity index is 1.91. The highest BCUT2D eigenvalue weighted by Gasteiger charge is 2.14. The first kappa shape index (κ1) is 15.2. The zero-order chi connectivity index (χ0) is 15.7. The highest BCUT2D eigenvalue weighted by atomic mass is 127. The van der Waals surface area contributed by atoms with Crippen molar-refractivity contribution in [3.05, 3.63) is 51.3 Å². The molecule has 112 valence electrons. The number of benzene rings is 2. The predicted octanol–water partition coefficient (Wildman–Crippen LogP) is 4.30. The van der Waals surface area contributed by atoms with Crippen molar-refractivity contribution in [2.45, 2.75) is 0 Å². The molecule has 0 saturated heterocycles. The van der Waals surface area contributed by atoms with Crippen LogP contribution in [0.3, 0.4) is 0 Å². The summed E-state index contributed by atoms with van der Waals surface area (Å²) in [5.74, 6) is -0.0290. The fraction of sp³-hybridized carbons (Fsp3) is 0.0667. The van der Waals surface area contributed by atoms with Crippen molar-refractivity contribution in [2.24, 2.45) is 0 Å². The topological polar surface area (TPSA) is 51.2 Å². The number of para-hydroxylation sites is 1. The van der Waals surface area contributed by atoms with E-state index in [0.717, 1.165) is 4.70 Å². The molecule has 0 fully saturated rings. The van der Waals surface area contributed by atoms with Gasteiger partial charge in [-0.3, -0.25) is 10.1 Å². The van der Waals surface area contributed by atoms with Gasteiger partial charge in [0, 0.05) is 3.57 Å². The number of hydrogen-bond donors (Lipinski definition) is 1. The fourth-order valence-corrected chi connectivity index (χ4v) is 3.58. The first-order chi connectivity index (χ1) is 10.6. The van der Waals surface area contributed by atoms with Gasteiger partial charge in [0.2, 0.25) is 0 Å². The normalized spacial score (nSPS) is 10.7. The van der Waals surface area contributed by atoms with E-state index in [4.69, 9.17) is 4.74 Å². The van der Waals surface area contributed by atoms with E-state index < -0.39 is 0 Å². The molecule has 1 heterocycles. The number of rotatable bonds is 3. The van der Waals surface area contributed by atoms with Gasteiger partial charge in [-0.2, -0.15) is 0 Å². The molecule has 0 spiro atoms. The Bertz CT molecular complexity index is 866. The summed E-state index contributed by atoms with van der Waals surface area (Å²) in [6.45, 7) is 0. The Hall–Kier alpha value is -1.74. The highest BCUT2D eigenvalue weighted by molar-refractivity contribution is 14.1. The monoisotopic (exact) mass is 428 g/mol. The number of nitrogens with one attached hydrogen (secondary N) is 1. The second-order valence-corrected chi connectivity index (χ2v) is 6.60. The number of aromatic nitrogens is 1. The predicted molar refractivity (Wildman–Crippen MR) is 93.2 cm³/mol. The first-order valence-corrected chi connectivity index (χ1v) is 8.18. The molecule has 0 aliphatic carbocycles. The van der Waals surface area contributed by atoms with Crippen molar-refractivity contribution < 1.29 is 13.9 Å². The van der Waals surface area contributed by atoms with Crippen molar-refractivity contribution in [3.8, 4) is 5.75 Å². The number of ether oxygens (including phenoxy) is 1. The van der Waals surface area contributed by atoms with E-state index in [1.165, 1.54) is 29.5 Å². The van der Waals surface area contributed by atoms with Crippen molar-refractivity contribution >= 4 is 55.2 Å².